The molecule has 112 valence electrons. The maximum Gasteiger partial charge on any atom is 0.292 e. The first-order valence-electron chi connectivity index (χ1n) is 6.45. The number of carbonyl (C=O) groups excluding carboxylic acids is 1. The molecule has 3 heterocycles. The van der Waals surface area contributed by atoms with Crippen molar-refractivity contribution >= 4 is 27.7 Å². The van der Waals surface area contributed by atoms with Crippen LogP contribution in [0, 0.1) is 13.8 Å². The fourth-order valence-corrected chi connectivity index (χ4v) is 2.31. The summed E-state index contributed by atoms with van der Waals surface area (Å²) in [5.74, 6) is 0.758. The molecule has 1 N–H and O–H groups in total. The van der Waals surface area contributed by atoms with E-state index in [1.807, 2.05) is 19.9 Å². The first-order valence-corrected chi connectivity index (χ1v) is 7.24. The van der Waals surface area contributed by atoms with Crippen LogP contribution in [0.15, 0.2) is 39.7 Å². The number of rotatable bonds is 3. The number of amides is 1. The van der Waals surface area contributed by atoms with Crippen molar-refractivity contribution < 1.29 is 9.21 Å². The Morgan fingerprint density at radius 1 is 1.27 bits per heavy atom. The Kier molecular flexibility index (Phi) is 3.76. The normalized spacial score (nSPS) is 10.7. The molecule has 0 fully saturated rings. The lowest BCUT2D eigenvalue weighted by Crippen LogP contribution is -2.13. The molecule has 22 heavy (non-hydrogen) atoms. The van der Waals surface area contributed by atoms with Crippen LogP contribution < -0.4 is 5.32 Å². The Hall–Kier alpha value is -2.48. The Labute approximate surface area is 134 Å². The van der Waals surface area contributed by atoms with E-state index in [-0.39, 0.29) is 11.7 Å². The monoisotopic (exact) mass is 361 g/mol. The molecule has 3 aromatic heterocycles. The molecular formula is C14H12BrN5O2. The van der Waals surface area contributed by atoms with Gasteiger partial charge in [0.05, 0.1) is 5.69 Å². The molecule has 0 atom stereocenters. The molecule has 1 amide bonds. The van der Waals surface area contributed by atoms with Gasteiger partial charge in [-0.3, -0.25) is 4.79 Å². The summed E-state index contributed by atoms with van der Waals surface area (Å²) in [6.07, 6.45) is 1.37. The predicted octanol–water partition coefficient (Wildman–Crippen LogP) is 2.89. The van der Waals surface area contributed by atoms with E-state index >= 15 is 0 Å². The van der Waals surface area contributed by atoms with Crippen LogP contribution in [-0.4, -0.2) is 25.7 Å². The highest BCUT2D eigenvalue weighted by molar-refractivity contribution is 9.10. The van der Waals surface area contributed by atoms with Gasteiger partial charge in [0.25, 0.3) is 5.91 Å². The van der Waals surface area contributed by atoms with Crippen molar-refractivity contribution in [2.45, 2.75) is 13.8 Å². The Balaban J connectivity index is 1.85. The predicted molar refractivity (Wildman–Crippen MR) is 83.0 cm³/mol. The average molecular weight is 362 g/mol. The van der Waals surface area contributed by atoms with E-state index in [4.69, 9.17) is 4.42 Å². The minimum absolute atomic E-state index is 0.193. The Morgan fingerprint density at radius 2 is 2.09 bits per heavy atom. The largest absolute Gasteiger partial charge is 0.444 e. The Morgan fingerprint density at radius 3 is 2.73 bits per heavy atom. The van der Waals surface area contributed by atoms with Crippen molar-refractivity contribution in [1.29, 1.82) is 0 Å². The molecule has 0 aliphatic carbocycles. The van der Waals surface area contributed by atoms with E-state index in [2.05, 4.69) is 36.3 Å². The molecule has 0 unspecified atom stereocenters. The minimum atomic E-state index is -0.385. The zero-order valence-corrected chi connectivity index (χ0v) is 13.5. The zero-order valence-electron chi connectivity index (χ0n) is 11.9. The van der Waals surface area contributed by atoms with Gasteiger partial charge in [0, 0.05) is 11.8 Å². The second-order valence-electron chi connectivity index (χ2n) is 4.66. The van der Waals surface area contributed by atoms with Crippen LogP contribution in [0.5, 0.6) is 0 Å². The van der Waals surface area contributed by atoms with Crippen LogP contribution in [-0.2, 0) is 0 Å². The quantitative estimate of drug-likeness (QED) is 0.774. The molecule has 3 aromatic rings. The number of hydrogen-bond donors (Lipinski definition) is 1. The third-order valence-corrected chi connectivity index (χ3v) is 3.34. The van der Waals surface area contributed by atoms with E-state index in [1.54, 1.807) is 22.9 Å². The average Bonchev–Trinajstić information content (AvgIpc) is 3.05. The molecule has 0 radical (unpaired) electrons. The number of furan rings is 1. The number of aromatic nitrogens is 4. The van der Waals surface area contributed by atoms with Gasteiger partial charge in [0.2, 0.25) is 0 Å². The van der Waals surface area contributed by atoms with Crippen molar-refractivity contribution in [3.8, 4) is 5.82 Å². The maximum atomic E-state index is 12.0. The highest BCUT2D eigenvalue weighted by atomic mass is 79.9. The third kappa shape index (κ3) is 2.91. The van der Waals surface area contributed by atoms with Crippen molar-refractivity contribution in [2.75, 3.05) is 5.32 Å². The lowest BCUT2D eigenvalue weighted by molar-refractivity contribution is 0.0995. The van der Waals surface area contributed by atoms with E-state index in [0.717, 1.165) is 11.4 Å². The van der Waals surface area contributed by atoms with Crippen LogP contribution in [0.3, 0.4) is 0 Å². The molecule has 0 spiro atoms. The van der Waals surface area contributed by atoms with Crippen LogP contribution in [0.25, 0.3) is 5.82 Å². The highest BCUT2D eigenvalue weighted by Crippen LogP contribution is 2.16. The van der Waals surface area contributed by atoms with Crippen molar-refractivity contribution in [1.82, 2.24) is 19.7 Å². The van der Waals surface area contributed by atoms with Crippen LogP contribution in [0.2, 0.25) is 0 Å². The maximum absolute atomic E-state index is 12.0. The SMILES string of the molecule is Cc1cc(C)n(-c2cc(NC(=O)c3ccc(Br)o3)ncn2)n1. The molecule has 8 heteroatoms. The summed E-state index contributed by atoms with van der Waals surface area (Å²) in [6, 6.07) is 6.81. The molecule has 0 aliphatic heterocycles. The first-order chi connectivity index (χ1) is 10.5. The topological polar surface area (TPSA) is 85.8 Å². The number of hydrogen-bond acceptors (Lipinski definition) is 5. The fraction of sp³-hybridized carbons (Fsp3) is 0.143. The lowest BCUT2D eigenvalue weighted by atomic mass is 10.4. The number of nitrogens with zero attached hydrogens (tertiary/aromatic N) is 4. The first kappa shape index (κ1) is 14.5. The molecular weight excluding hydrogens is 350 g/mol. The van der Waals surface area contributed by atoms with Gasteiger partial charge >= 0.3 is 0 Å². The summed E-state index contributed by atoms with van der Waals surface area (Å²) in [4.78, 5) is 20.2. The third-order valence-electron chi connectivity index (χ3n) is 2.92. The number of anilines is 1. The number of halogens is 1. The molecule has 3 rings (SSSR count). The smallest absolute Gasteiger partial charge is 0.292 e. The molecule has 0 aliphatic rings. The zero-order chi connectivity index (χ0) is 15.7. The molecule has 0 aromatic carbocycles. The Bertz CT molecular complexity index is 839. The summed E-state index contributed by atoms with van der Waals surface area (Å²) in [7, 11) is 0. The van der Waals surface area contributed by atoms with Crippen molar-refractivity contribution in [3.63, 3.8) is 0 Å². The number of carbonyl (C=O) groups is 1. The number of nitrogens with one attached hydrogen (secondary N) is 1. The van der Waals surface area contributed by atoms with Crippen molar-refractivity contribution in [2.24, 2.45) is 0 Å². The van der Waals surface area contributed by atoms with Gasteiger partial charge in [-0.15, -0.1) is 0 Å². The van der Waals surface area contributed by atoms with E-state index < -0.39 is 0 Å². The van der Waals surface area contributed by atoms with Crippen LogP contribution in [0.1, 0.15) is 21.9 Å². The fourth-order valence-electron chi connectivity index (χ4n) is 2.01. The second kappa shape index (κ2) is 5.72. The summed E-state index contributed by atoms with van der Waals surface area (Å²) in [5, 5.41) is 7.01. The summed E-state index contributed by atoms with van der Waals surface area (Å²) >= 11 is 3.15. The van der Waals surface area contributed by atoms with Gasteiger partial charge in [0.1, 0.15) is 12.1 Å². The second-order valence-corrected chi connectivity index (χ2v) is 5.44. The van der Waals surface area contributed by atoms with Crippen molar-refractivity contribution in [3.05, 3.63) is 52.4 Å². The van der Waals surface area contributed by atoms with E-state index in [9.17, 15) is 4.79 Å². The highest BCUT2D eigenvalue weighted by Gasteiger charge is 2.13. The van der Waals surface area contributed by atoms with Gasteiger partial charge in [-0.25, -0.2) is 14.6 Å². The summed E-state index contributed by atoms with van der Waals surface area (Å²) in [6.45, 7) is 3.84. The van der Waals surface area contributed by atoms with Crippen LogP contribution >= 0.6 is 15.9 Å². The lowest BCUT2D eigenvalue weighted by Gasteiger charge is -2.06. The number of aryl methyl sites for hydroxylation is 2. The van der Waals surface area contributed by atoms with Gasteiger partial charge < -0.3 is 9.73 Å². The van der Waals surface area contributed by atoms with Gasteiger partial charge in [-0.05, 0) is 48.0 Å². The van der Waals surface area contributed by atoms with Gasteiger partial charge in [-0.2, -0.15) is 5.10 Å². The van der Waals surface area contributed by atoms with Gasteiger partial charge in [-0.1, -0.05) is 0 Å². The molecule has 0 bridgehead atoms. The van der Waals surface area contributed by atoms with Gasteiger partial charge in [0.15, 0.2) is 16.2 Å². The van der Waals surface area contributed by atoms with E-state index in [0.29, 0.717) is 16.3 Å². The van der Waals surface area contributed by atoms with E-state index in [1.165, 1.54) is 6.33 Å². The molecule has 7 nitrogen and oxygen atoms in total. The summed E-state index contributed by atoms with van der Waals surface area (Å²) < 4.78 is 7.38. The standard InChI is InChI=1S/C14H12BrN5O2/c1-8-5-9(2)20(19-8)13-6-12(16-7-17-13)18-14(21)10-3-4-11(15)22-10/h3-7H,1-2H3,(H,16,17,18,21). The molecule has 0 saturated carbocycles. The summed E-state index contributed by atoms with van der Waals surface area (Å²) in [5.41, 5.74) is 1.84. The van der Waals surface area contributed by atoms with Crippen LogP contribution in [0.4, 0.5) is 5.82 Å². The minimum Gasteiger partial charge on any atom is -0.444 e. The molecule has 0 saturated heterocycles.